The topological polar surface area (TPSA) is 43.1 Å². The molecule has 46 valence electrons. The van der Waals surface area contributed by atoms with Gasteiger partial charge in [0.15, 0.2) is 5.78 Å². The Morgan fingerprint density at radius 1 is 1.75 bits per heavy atom. The molecular weight excluding hydrogens is 126 g/mol. The Balaban J connectivity index is 0.000000490. The Morgan fingerprint density at radius 3 is 2.50 bits per heavy atom. The molecule has 1 atom stereocenters. The monoisotopic (exact) mass is 133 g/mol. The van der Waals surface area contributed by atoms with E-state index in [0.29, 0.717) is 6.42 Å². The third-order valence-electron chi connectivity index (χ3n) is 0.966. The molecule has 0 saturated carbocycles. The highest BCUT2D eigenvalue weighted by Gasteiger charge is 2.09. The average Bonchev–Trinajstić information content (AvgIpc) is 1.87. The van der Waals surface area contributed by atoms with Gasteiger partial charge in [0, 0.05) is 12.5 Å². The van der Waals surface area contributed by atoms with Gasteiger partial charge < -0.3 is 5.73 Å². The zero-order valence-corrected chi connectivity index (χ0v) is 5.15. The lowest BCUT2D eigenvalue weighted by Gasteiger charge is -1.89. The molecule has 8 heavy (non-hydrogen) atoms. The van der Waals surface area contributed by atoms with Crippen molar-refractivity contribution in [2.75, 3.05) is 0 Å². The summed E-state index contributed by atoms with van der Waals surface area (Å²) in [5, 5.41) is 0. The van der Waals surface area contributed by atoms with Gasteiger partial charge in [-0.3, -0.25) is 4.79 Å². The number of hydrogen-bond acceptors (Lipinski definition) is 2. The lowest BCUT2D eigenvalue weighted by molar-refractivity contribution is -0.114. The zero-order valence-electron chi connectivity index (χ0n) is 4.33. The summed E-state index contributed by atoms with van der Waals surface area (Å²) in [7, 11) is 0. The lowest BCUT2D eigenvalue weighted by atomic mass is 10.3. The summed E-state index contributed by atoms with van der Waals surface area (Å²) in [6.45, 7) is 0. The summed E-state index contributed by atoms with van der Waals surface area (Å²) in [6, 6.07) is -0.00694. The molecule has 0 fully saturated rings. The summed E-state index contributed by atoms with van der Waals surface area (Å²) in [5.74, 6) is 0.146. The van der Waals surface area contributed by atoms with Crippen LogP contribution in [0.5, 0.6) is 0 Å². The molecule has 0 aromatic carbocycles. The van der Waals surface area contributed by atoms with Crippen LogP contribution in [0, 0.1) is 0 Å². The standard InChI is InChI=1S/C5H7NO.ClH/c6-4-1-2-5(7)3-4;/h1-2,4H,3,6H2;1H/t4-;/m0./s1. The predicted octanol–water partition coefficient (Wildman–Crippen LogP) is 0.265. The third-order valence-corrected chi connectivity index (χ3v) is 0.966. The zero-order chi connectivity index (χ0) is 5.28. The number of rotatable bonds is 0. The van der Waals surface area contributed by atoms with Crippen molar-refractivity contribution >= 4 is 18.2 Å². The van der Waals surface area contributed by atoms with E-state index in [1.165, 1.54) is 6.08 Å². The van der Waals surface area contributed by atoms with Crippen molar-refractivity contribution in [3.05, 3.63) is 12.2 Å². The first-order chi connectivity index (χ1) is 3.29. The van der Waals surface area contributed by atoms with Crippen LogP contribution in [0.1, 0.15) is 6.42 Å². The van der Waals surface area contributed by atoms with E-state index in [9.17, 15) is 4.79 Å². The van der Waals surface area contributed by atoms with Crippen LogP contribution in [0.2, 0.25) is 0 Å². The van der Waals surface area contributed by atoms with Gasteiger partial charge >= 0.3 is 0 Å². The van der Waals surface area contributed by atoms with Gasteiger partial charge in [-0.1, -0.05) is 6.08 Å². The second-order valence-corrected chi connectivity index (χ2v) is 1.69. The van der Waals surface area contributed by atoms with E-state index in [1.54, 1.807) is 6.08 Å². The number of carbonyl (C=O) groups excluding carboxylic acids is 1. The molecule has 0 aromatic rings. The molecule has 3 heteroatoms. The number of allylic oxidation sites excluding steroid dienone is 1. The molecular formula is C5H8ClNO. The van der Waals surface area contributed by atoms with E-state index in [1.807, 2.05) is 0 Å². The summed E-state index contributed by atoms with van der Waals surface area (Å²) >= 11 is 0. The normalized spacial score (nSPS) is 25.6. The van der Waals surface area contributed by atoms with Gasteiger partial charge in [0.05, 0.1) is 0 Å². The largest absolute Gasteiger partial charge is 0.324 e. The molecule has 0 amide bonds. The highest BCUT2D eigenvalue weighted by Crippen LogP contribution is 2.00. The van der Waals surface area contributed by atoms with Crippen molar-refractivity contribution in [1.29, 1.82) is 0 Å². The molecule has 2 nitrogen and oxygen atoms in total. The summed E-state index contributed by atoms with van der Waals surface area (Å²) in [5.41, 5.74) is 5.32. The second kappa shape index (κ2) is 2.84. The van der Waals surface area contributed by atoms with Crippen molar-refractivity contribution in [1.82, 2.24) is 0 Å². The maximum atomic E-state index is 10.3. The third kappa shape index (κ3) is 1.64. The first-order valence-corrected chi connectivity index (χ1v) is 2.25. The molecule has 1 aliphatic carbocycles. The first-order valence-electron chi connectivity index (χ1n) is 2.25. The molecule has 0 aromatic heterocycles. The minimum atomic E-state index is -0.00694. The van der Waals surface area contributed by atoms with Crippen LogP contribution in [-0.4, -0.2) is 11.8 Å². The second-order valence-electron chi connectivity index (χ2n) is 1.69. The van der Waals surface area contributed by atoms with E-state index in [2.05, 4.69) is 0 Å². The molecule has 1 aliphatic rings. The van der Waals surface area contributed by atoms with Crippen LogP contribution in [-0.2, 0) is 4.79 Å². The summed E-state index contributed by atoms with van der Waals surface area (Å²) in [4.78, 5) is 10.3. The molecule has 0 radical (unpaired) electrons. The fourth-order valence-corrected chi connectivity index (χ4v) is 0.599. The molecule has 0 saturated heterocycles. The SMILES string of the molecule is Cl.N[C@H]1C=CC(=O)C1. The fourth-order valence-electron chi connectivity index (χ4n) is 0.599. The number of ketones is 1. The minimum Gasteiger partial charge on any atom is -0.324 e. The fraction of sp³-hybridized carbons (Fsp3) is 0.400. The molecule has 0 spiro atoms. The number of carbonyl (C=O) groups is 1. The lowest BCUT2D eigenvalue weighted by Crippen LogP contribution is -2.14. The molecule has 2 N–H and O–H groups in total. The van der Waals surface area contributed by atoms with Crippen LogP contribution in [0.15, 0.2) is 12.2 Å². The van der Waals surface area contributed by atoms with Crippen LogP contribution in [0.4, 0.5) is 0 Å². The summed E-state index contributed by atoms with van der Waals surface area (Å²) < 4.78 is 0. The maximum absolute atomic E-state index is 10.3. The van der Waals surface area contributed by atoms with Gasteiger partial charge in [0.2, 0.25) is 0 Å². The van der Waals surface area contributed by atoms with Crippen molar-refractivity contribution in [2.45, 2.75) is 12.5 Å². The predicted molar refractivity (Wildman–Crippen MR) is 34.0 cm³/mol. The first kappa shape index (κ1) is 7.66. The van der Waals surface area contributed by atoms with Crippen molar-refractivity contribution in [2.24, 2.45) is 5.73 Å². The number of hydrogen-bond donors (Lipinski definition) is 1. The highest BCUT2D eigenvalue weighted by molar-refractivity contribution is 5.92. The maximum Gasteiger partial charge on any atom is 0.157 e. The van der Waals surface area contributed by atoms with Gasteiger partial charge in [-0.15, -0.1) is 12.4 Å². The van der Waals surface area contributed by atoms with Crippen LogP contribution >= 0.6 is 12.4 Å². The number of nitrogens with two attached hydrogens (primary N) is 1. The van der Waals surface area contributed by atoms with E-state index < -0.39 is 0 Å². The van der Waals surface area contributed by atoms with Crippen LogP contribution < -0.4 is 5.73 Å². The molecule has 0 unspecified atom stereocenters. The van der Waals surface area contributed by atoms with Gasteiger partial charge in [-0.2, -0.15) is 0 Å². The highest BCUT2D eigenvalue weighted by atomic mass is 35.5. The molecule has 0 bridgehead atoms. The Labute approximate surface area is 54.2 Å². The van der Waals surface area contributed by atoms with Crippen molar-refractivity contribution < 1.29 is 4.79 Å². The van der Waals surface area contributed by atoms with Crippen molar-refractivity contribution in [3.63, 3.8) is 0 Å². The quantitative estimate of drug-likeness (QED) is 0.515. The summed E-state index contributed by atoms with van der Waals surface area (Å²) in [6.07, 6.45) is 3.76. The van der Waals surface area contributed by atoms with Gasteiger partial charge in [0.25, 0.3) is 0 Å². The Morgan fingerprint density at radius 2 is 2.38 bits per heavy atom. The van der Waals surface area contributed by atoms with Gasteiger partial charge in [-0.25, -0.2) is 0 Å². The Kier molecular flexibility index (Phi) is 2.72. The van der Waals surface area contributed by atoms with Crippen molar-refractivity contribution in [3.8, 4) is 0 Å². The minimum absolute atomic E-state index is 0. The van der Waals surface area contributed by atoms with E-state index in [-0.39, 0.29) is 24.2 Å². The smallest absolute Gasteiger partial charge is 0.157 e. The van der Waals surface area contributed by atoms with E-state index in [4.69, 9.17) is 5.73 Å². The van der Waals surface area contributed by atoms with Gasteiger partial charge in [0.1, 0.15) is 0 Å². The Bertz CT molecular complexity index is 122. The Hall–Kier alpha value is -0.340. The molecule has 1 rings (SSSR count). The average molecular weight is 134 g/mol. The van der Waals surface area contributed by atoms with E-state index >= 15 is 0 Å². The molecule has 0 aliphatic heterocycles. The van der Waals surface area contributed by atoms with Crippen LogP contribution in [0.25, 0.3) is 0 Å². The van der Waals surface area contributed by atoms with Gasteiger partial charge in [-0.05, 0) is 6.08 Å². The number of halogens is 1. The van der Waals surface area contributed by atoms with E-state index in [0.717, 1.165) is 0 Å². The molecule has 0 heterocycles. The van der Waals surface area contributed by atoms with Crippen LogP contribution in [0.3, 0.4) is 0 Å².